The van der Waals surface area contributed by atoms with Crippen LogP contribution in [0.4, 0.5) is 4.39 Å². The monoisotopic (exact) mass is 298 g/mol. The van der Waals surface area contributed by atoms with Crippen LogP contribution >= 0.6 is 11.6 Å². The zero-order valence-corrected chi connectivity index (χ0v) is 12.5. The molecule has 1 aliphatic heterocycles. The standard InChI is InChI=1S/C15H20ClFN2O/c1-12-3-4-13(17)11-14(12)15(20)19-7-2-6-18(8-5-16)9-10-19/h3-4,11H,2,5-10H2,1H3. The van der Waals surface area contributed by atoms with Crippen LogP contribution in [0.5, 0.6) is 0 Å². The van der Waals surface area contributed by atoms with Crippen molar-refractivity contribution in [3.63, 3.8) is 0 Å². The van der Waals surface area contributed by atoms with Gasteiger partial charge in [-0.05, 0) is 37.6 Å². The number of rotatable bonds is 3. The van der Waals surface area contributed by atoms with Crippen molar-refractivity contribution in [3.05, 3.63) is 35.1 Å². The van der Waals surface area contributed by atoms with Gasteiger partial charge in [-0.25, -0.2) is 4.39 Å². The van der Waals surface area contributed by atoms with Crippen LogP contribution in [0.1, 0.15) is 22.3 Å². The van der Waals surface area contributed by atoms with E-state index in [9.17, 15) is 9.18 Å². The van der Waals surface area contributed by atoms with E-state index in [2.05, 4.69) is 4.90 Å². The molecule has 5 heteroatoms. The summed E-state index contributed by atoms with van der Waals surface area (Å²) >= 11 is 5.76. The zero-order chi connectivity index (χ0) is 14.5. The molecule has 1 saturated heterocycles. The largest absolute Gasteiger partial charge is 0.337 e. The Morgan fingerprint density at radius 1 is 1.30 bits per heavy atom. The highest BCUT2D eigenvalue weighted by atomic mass is 35.5. The van der Waals surface area contributed by atoms with Crippen LogP contribution in [0, 0.1) is 12.7 Å². The summed E-state index contributed by atoms with van der Waals surface area (Å²) in [6.07, 6.45) is 0.928. The average molecular weight is 299 g/mol. The van der Waals surface area contributed by atoms with Gasteiger partial charge in [-0.3, -0.25) is 4.79 Å². The van der Waals surface area contributed by atoms with Gasteiger partial charge in [0.15, 0.2) is 0 Å². The lowest BCUT2D eigenvalue weighted by Crippen LogP contribution is -2.36. The van der Waals surface area contributed by atoms with Gasteiger partial charge < -0.3 is 9.80 Å². The van der Waals surface area contributed by atoms with Crippen molar-refractivity contribution in [1.29, 1.82) is 0 Å². The number of aryl methyl sites for hydroxylation is 1. The van der Waals surface area contributed by atoms with Crippen molar-refractivity contribution in [2.45, 2.75) is 13.3 Å². The third-order valence-electron chi connectivity index (χ3n) is 3.71. The lowest BCUT2D eigenvalue weighted by Gasteiger charge is -2.22. The van der Waals surface area contributed by atoms with Crippen LogP contribution < -0.4 is 0 Å². The maximum atomic E-state index is 13.3. The second-order valence-electron chi connectivity index (χ2n) is 5.14. The Morgan fingerprint density at radius 3 is 2.85 bits per heavy atom. The van der Waals surface area contributed by atoms with Gasteiger partial charge in [0, 0.05) is 37.6 Å². The minimum absolute atomic E-state index is 0.0743. The molecule has 1 amide bonds. The number of carbonyl (C=O) groups is 1. The van der Waals surface area contributed by atoms with Crippen molar-refractivity contribution < 1.29 is 9.18 Å². The molecular formula is C15H20ClFN2O. The molecule has 0 aliphatic carbocycles. The average Bonchev–Trinajstić information content (AvgIpc) is 2.67. The van der Waals surface area contributed by atoms with Gasteiger partial charge in [-0.15, -0.1) is 11.6 Å². The van der Waals surface area contributed by atoms with Crippen molar-refractivity contribution in [1.82, 2.24) is 9.80 Å². The van der Waals surface area contributed by atoms with E-state index in [1.54, 1.807) is 6.07 Å². The fourth-order valence-electron chi connectivity index (χ4n) is 2.51. The number of amides is 1. The number of halogens is 2. The van der Waals surface area contributed by atoms with Gasteiger partial charge >= 0.3 is 0 Å². The van der Waals surface area contributed by atoms with Crippen molar-refractivity contribution in [3.8, 4) is 0 Å². The van der Waals surface area contributed by atoms with Gasteiger partial charge in [0.05, 0.1) is 0 Å². The fourth-order valence-corrected chi connectivity index (χ4v) is 2.75. The van der Waals surface area contributed by atoms with Crippen LogP contribution in [0.25, 0.3) is 0 Å². The first kappa shape index (κ1) is 15.3. The number of hydrogen-bond acceptors (Lipinski definition) is 2. The lowest BCUT2D eigenvalue weighted by atomic mass is 10.1. The summed E-state index contributed by atoms with van der Waals surface area (Å²) in [4.78, 5) is 16.6. The number of carbonyl (C=O) groups excluding carboxylic acids is 1. The van der Waals surface area contributed by atoms with Gasteiger partial charge in [-0.2, -0.15) is 0 Å². The number of hydrogen-bond donors (Lipinski definition) is 0. The van der Waals surface area contributed by atoms with Gasteiger partial charge in [-0.1, -0.05) is 6.07 Å². The maximum Gasteiger partial charge on any atom is 0.254 e. The van der Waals surface area contributed by atoms with Gasteiger partial charge in [0.2, 0.25) is 0 Å². The Bertz CT molecular complexity index is 481. The fraction of sp³-hybridized carbons (Fsp3) is 0.533. The summed E-state index contributed by atoms with van der Waals surface area (Å²) in [5.74, 6) is 0.170. The smallest absolute Gasteiger partial charge is 0.254 e. The van der Waals surface area contributed by atoms with E-state index in [4.69, 9.17) is 11.6 Å². The molecule has 20 heavy (non-hydrogen) atoms. The van der Waals surface area contributed by atoms with Crippen LogP contribution in [0.2, 0.25) is 0 Å². The molecule has 1 aromatic rings. The highest BCUT2D eigenvalue weighted by Gasteiger charge is 2.21. The van der Waals surface area contributed by atoms with Crippen LogP contribution in [-0.2, 0) is 0 Å². The number of benzene rings is 1. The number of alkyl halides is 1. The minimum Gasteiger partial charge on any atom is -0.337 e. The summed E-state index contributed by atoms with van der Waals surface area (Å²) in [6.45, 7) is 5.86. The van der Waals surface area contributed by atoms with E-state index in [1.165, 1.54) is 12.1 Å². The Morgan fingerprint density at radius 2 is 2.10 bits per heavy atom. The lowest BCUT2D eigenvalue weighted by molar-refractivity contribution is 0.0760. The SMILES string of the molecule is Cc1ccc(F)cc1C(=O)N1CCCN(CCCl)CC1. The van der Waals surface area contributed by atoms with Crippen LogP contribution in [-0.4, -0.2) is 54.3 Å². The van der Waals surface area contributed by atoms with Crippen LogP contribution in [0.3, 0.4) is 0 Å². The molecule has 3 nitrogen and oxygen atoms in total. The molecule has 1 aliphatic rings. The van der Waals surface area contributed by atoms with Crippen LogP contribution in [0.15, 0.2) is 18.2 Å². The summed E-state index contributed by atoms with van der Waals surface area (Å²) < 4.78 is 13.3. The molecule has 0 spiro atoms. The summed E-state index contributed by atoms with van der Waals surface area (Å²) in [7, 11) is 0. The third kappa shape index (κ3) is 3.70. The van der Waals surface area contributed by atoms with Crippen molar-refractivity contribution in [2.75, 3.05) is 38.6 Å². The predicted molar refractivity (Wildman–Crippen MR) is 78.8 cm³/mol. The van der Waals surface area contributed by atoms with E-state index >= 15 is 0 Å². The molecule has 0 aromatic heterocycles. The maximum absolute atomic E-state index is 13.3. The normalized spacial score (nSPS) is 17.1. The zero-order valence-electron chi connectivity index (χ0n) is 11.7. The molecule has 2 rings (SSSR count). The first-order valence-corrected chi connectivity index (χ1v) is 7.49. The molecule has 0 radical (unpaired) electrons. The number of nitrogens with zero attached hydrogens (tertiary/aromatic N) is 2. The van der Waals surface area contributed by atoms with Gasteiger partial charge in [0.1, 0.15) is 5.82 Å². The molecule has 1 heterocycles. The molecular weight excluding hydrogens is 279 g/mol. The molecule has 0 N–H and O–H groups in total. The molecule has 1 fully saturated rings. The Balaban J connectivity index is 2.07. The quantitative estimate of drug-likeness (QED) is 0.801. The van der Waals surface area contributed by atoms with Crippen molar-refractivity contribution >= 4 is 17.5 Å². The Kier molecular flexibility index (Phi) is 5.38. The first-order chi connectivity index (χ1) is 9.61. The Labute approximate surface area is 124 Å². The Hall–Kier alpha value is -1.13. The van der Waals surface area contributed by atoms with E-state index in [0.29, 0.717) is 24.5 Å². The second-order valence-corrected chi connectivity index (χ2v) is 5.51. The van der Waals surface area contributed by atoms with E-state index in [0.717, 1.165) is 31.6 Å². The predicted octanol–water partition coefficient (Wildman–Crippen LogP) is 2.52. The minimum atomic E-state index is -0.363. The van der Waals surface area contributed by atoms with E-state index in [1.807, 2.05) is 11.8 Å². The second kappa shape index (κ2) is 7.04. The molecule has 0 bridgehead atoms. The van der Waals surface area contributed by atoms with E-state index < -0.39 is 0 Å². The summed E-state index contributed by atoms with van der Waals surface area (Å²) in [5, 5.41) is 0. The topological polar surface area (TPSA) is 23.6 Å². The summed E-state index contributed by atoms with van der Waals surface area (Å²) in [6, 6.07) is 4.37. The first-order valence-electron chi connectivity index (χ1n) is 6.95. The molecule has 0 atom stereocenters. The van der Waals surface area contributed by atoms with Crippen molar-refractivity contribution in [2.24, 2.45) is 0 Å². The molecule has 110 valence electrons. The molecule has 0 saturated carbocycles. The summed E-state index contributed by atoms with van der Waals surface area (Å²) in [5.41, 5.74) is 1.29. The molecule has 1 aromatic carbocycles. The van der Waals surface area contributed by atoms with Gasteiger partial charge in [0.25, 0.3) is 5.91 Å². The van der Waals surface area contributed by atoms with E-state index in [-0.39, 0.29) is 11.7 Å². The highest BCUT2D eigenvalue weighted by Crippen LogP contribution is 2.15. The third-order valence-corrected chi connectivity index (χ3v) is 3.88. The molecule has 0 unspecified atom stereocenters. The highest BCUT2D eigenvalue weighted by molar-refractivity contribution is 6.18.